The molecule has 1 heterocycles. The van der Waals surface area contributed by atoms with Gasteiger partial charge in [0.05, 0.1) is 4.47 Å². The molecule has 5 heteroatoms. The Morgan fingerprint density at radius 2 is 2.05 bits per heavy atom. The molecule has 2 aromatic rings. The van der Waals surface area contributed by atoms with Crippen LogP contribution in [0.25, 0.3) is 0 Å². The Morgan fingerprint density at radius 1 is 1.26 bits per heavy atom. The summed E-state index contributed by atoms with van der Waals surface area (Å²) in [6, 6.07) is 6.44. The number of halogens is 1. The fourth-order valence-electron chi connectivity index (χ4n) is 1.64. The zero-order valence-electron chi connectivity index (χ0n) is 11.2. The third-order valence-electron chi connectivity index (χ3n) is 2.65. The van der Waals surface area contributed by atoms with Crippen LogP contribution in [0.5, 0.6) is 0 Å². The minimum Gasteiger partial charge on any atom is -0.369 e. The van der Waals surface area contributed by atoms with Gasteiger partial charge in [0, 0.05) is 11.4 Å². The zero-order chi connectivity index (χ0) is 13.8. The number of nitrogens with one attached hydrogen (secondary N) is 1. The van der Waals surface area contributed by atoms with E-state index in [9.17, 15) is 0 Å². The van der Waals surface area contributed by atoms with E-state index in [0.29, 0.717) is 0 Å². The summed E-state index contributed by atoms with van der Waals surface area (Å²) in [5, 5.41) is 4.15. The topological polar surface area (TPSA) is 37.8 Å². The Labute approximate surface area is 126 Å². The highest BCUT2D eigenvalue weighted by Gasteiger charge is 2.11. The monoisotopic (exact) mass is 337 g/mol. The summed E-state index contributed by atoms with van der Waals surface area (Å²) >= 11 is 5.23. The largest absolute Gasteiger partial charge is 0.369 e. The first-order valence-electron chi connectivity index (χ1n) is 6.11. The summed E-state index contributed by atoms with van der Waals surface area (Å²) in [5.74, 6) is 0.838. The second-order valence-corrected chi connectivity index (χ2v) is 6.07. The molecule has 19 heavy (non-hydrogen) atoms. The molecular weight excluding hydrogens is 322 g/mol. The van der Waals surface area contributed by atoms with Crippen molar-refractivity contribution in [2.24, 2.45) is 0 Å². The van der Waals surface area contributed by atoms with Crippen LogP contribution in [0, 0.1) is 13.8 Å². The third-order valence-corrected chi connectivity index (χ3v) is 4.83. The van der Waals surface area contributed by atoms with Crippen molar-refractivity contribution < 1.29 is 0 Å². The van der Waals surface area contributed by atoms with Crippen LogP contribution in [0.3, 0.4) is 0 Å². The molecule has 2 rings (SSSR count). The Bertz CT molecular complexity index is 587. The van der Waals surface area contributed by atoms with Crippen molar-refractivity contribution in [1.29, 1.82) is 0 Å². The van der Waals surface area contributed by atoms with Gasteiger partial charge in [0.15, 0.2) is 0 Å². The van der Waals surface area contributed by atoms with E-state index >= 15 is 0 Å². The van der Waals surface area contributed by atoms with Crippen molar-refractivity contribution in [1.82, 2.24) is 9.97 Å². The average molecular weight is 338 g/mol. The van der Waals surface area contributed by atoms with Gasteiger partial charge in [-0.2, -0.15) is 0 Å². The van der Waals surface area contributed by atoms with Gasteiger partial charge < -0.3 is 5.32 Å². The van der Waals surface area contributed by atoms with E-state index < -0.39 is 0 Å². The highest BCUT2D eigenvalue weighted by Crippen LogP contribution is 2.36. The SMILES string of the molecule is CCNc1ncnc(Sc2cc(C)ccc2C)c1Br. The minimum absolute atomic E-state index is 0.837. The maximum atomic E-state index is 4.35. The van der Waals surface area contributed by atoms with Crippen molar-refractivity contribution in [3.8, 4) is 0 Å². The highest BCUT2D eigenvalue weighted by molar-refractivity contribution is 9.10. The van der Waals surface area contributed by atoms with Crippen LogP contribution < -0.4 is 5.32 Å². The van der Waals surface area contributed by atoms with E-state index in [2.05, 4.69) is 63.3 Å². The minimum atomic E-state index is 0.837. The van der Waals surface area contributed by atoms with Crippen molar-refractivity contribution >= 4 is 33.5 Å². The normalized spacial score (nSPS) is 10.5. The van der Waals surface area contributed by atoms with Crippen LogP contribution in [-0.4, -0.2) is 16.5 Å². The van der Waals surface area contributed by atoms with Gasteiger partial charge in [0.2, 0.25) is 0 Å². The number of aromatic nitrogens is 2. The van der Waals surface area contributed by atoms with E-state index in [0.717, 1.165) is 21.9 Å². The lowest BCUT2D eigenvalue weighted by molar-refractivity contribution is 1.01. The molecule has 1 aromatic carbocycles. The second kappa shape index (κ2) is 6.39. The van der Waals surface area contributed by atoms with Gasteiger partial charge in [-0.25, -0.2) is 9.97 Å². The quantitative estimate of drug-likeness (QED) is 0.837. The number of aryl methyl sites for hydroxylation is 2. The number of anilines is 1. The van der Waals surface area contributed by atoms with Crippen LogP contribution in [0.15, 0.2) is 38.9 Å². The second-order valence-electron chi connectivity index (χ2n) is 4.24. The van der Waals surface area contributed by atoms with Gasteiger partial charge in [-0.3, -0.25) is 0 Å². The van der Waals surface area contributed by atoms with Crippen molar-refractivity contribution in [2.75, 3.05) is 11.9 Å². The first-order valence-corrected chi connectivity index (χ1v) is 7.72. The first-order chi connectivity index (χ1) is 9.11. The van der Waals surface area contributed by atoms with Gasteiger partial charge in [0.25, 0.3) is 0 Å². The molecule has 0 unspecified atom stereocenters. The lowest BCUT2D eigenvalue weighted by Gasteiger charge is -2.10. The maximum absolute atomic E-state index is 4.35. The molecule has 0 aliphatic rings. The van der Waals surface area contributed by atoms with Crippen molar-refractivity contribution in [2.45, 2.75) is 30.7 Å². The molecule has 0 bridgehead atoms. The molecule has 0 saturated carbocycles. The summed E-state index contributed by atoms with van der Waals surface area (Å²) in [6.07, 6.45) is 1.59. The van der Waals surface area contributed by atoms with Crippen LogP contribution in [-0.2, 0) is 0 Å². The van der Waals surface area contributed by atoms with E-state index in [1.807, 2.05) is 6.92 Å². The molecule has 100 valence electrons. The van der Waals surface area contributed by atoms with E-state index in [1.54, 1.807) is 18.1 Å². The zero-order valence-corrected chi connectivity index (χ0v) is 13.6. The van der Waals surface area contributed by atoms with Gasteiger partial charge in [-0.05, 0) is 53.9 Å². The van der Waals surface area contributed by atoms with Gasteiger partial charge in [-0.1, -0.05) is 23.9 Å². The number of hydrogen-bond acceptors (Lipinski definition) is 4. The summed E-state index contributed by atoms with van der Waals surface area (Å²) in [4.78, 5) is 9.80. The highest BCUT2D eigenvalue weighted by atomic mass is 79.9. The van der Waals surface area contributed by atoms with E-state index in [-0.39, 0.29) is 0 Å². The average Bonchev–Trinajstić information content (AvgIpc) is 2.39. The van der Waals surface area contributed by atoms with Crippen LogP contribution in [0.1, 0.15) is 18.1 Å². The lowest BCUT2D eigenvalue weighted by Crippen LogP contribution is -2.01. The Morgan fingerprint density at radius 3 is 2.79 bits per heavy atom. The number of hydrogen-bond donors (Lipinski definition) is 1. The Hall–Kier alpha value is -1.07. The number of benzene rings is 1. The molecule has 0 atom stereocenters. The van der Waals surface area contributed by atoms with Crippen LogP contribution >= 0.6 is 27.7 Å². The molecule has 1 N–H and O–H groups in total. The molecule has 0 amide bonds. The van der Waals surface area contributed by atoms with Gasteiger partial charge in [0.1, 0.15) is 17.2 Å². The number of nitrogens with zero attached hydrogens (tertiary/aromatic N) is 2. The predicted octanol–water partition coefficient (Wildman–Crippen LogP) is 4.44. The molecule has 0 aliphatic heterocycles. The molecule has 1 aromatic heterocycles. The van der Waals surface area contributed by atoms with Crippen molar-refractivity contribution in [3.05, 3.63) is 40.1 Å². The number of rotatable bonds is 4. The van der Waals surface area contributed by atoms with Gasteiger partial charge in [-0.15, -0.1) is 0 Å². The Balaban J connectivity index is 2.33. The first kappa shape index (κ1) is 14.3. The lowest BCUT2D eigenvalue weighted by atomic mass is 10.2. The molecule has 0 saturated heterocycles. The van der Waals surface area contributed by atoms with E-state index in [4.69, 9.17) is 0 Å². The summed E-state index contributed by atoms with van der Waals surface area (Å²) in [5.41, 5.74) is 2.51. The third kappa shape index (κ3) is 3.48. The molecule has 0 radical (unpaired) electrons. The smallest absolute Gasteiger partial charge is 0.144 e. The molecule has 0 aliphatic carbocycles. The van der Waals surface area contributed by atoms with Crippen LogP contribution in [0.4, 0.5) is 5.82 Å². The van der Waals surface area contributed by atoms with E-state index in [1.165, 1.54) is 16.0 Å². The predicted molar refractivity (Wildman–Crippen MR) is 83.9 cm³/mol. The summed E-state index contributed by atoms with van der Waals surface area (Å²) < 4.78 is 0.919. The summed E-state index contributed by atoms with van der Waals surface area (Å²) in [7, 11) is 0. The standard InChI is InChI=1S/C14H16BrN3S/c1-4-16-13-12(15)14(18-8-17-13)19-11-7-9(2)5-6-10(11)3/h5-8H,4H2,1-3H3,(H,16,17,18). The molecule has 0 fully saturated rings. The molecule has 3 nitrogen and oxygen atoms in total. The fraction of sp³-hybridized carbons (Fsp3) is 0.286. The summed E-state index contributed by atoms with van der Waals surface area (Å²) in [6.45, 7) is 7.10. The molecule has 0 spiro atoms. The maximum Gasteiger partial charge on any atom is 0.144 e. The van der Waals surface area contributed by atoms with Crippen molar-refractivity contribution in [3.63, 3.8) is 0 Å². The molecular formula is C14H16BrN3S. The van der Waals surface area contributed by atoms with Crippen LogP contribution in [0.2, 0.25) is 0 Å². The fourth-order valence-corrected chi connectivity index (χ4v) is 3.19. The van der Waals surface area contributed by atoms with Gasteiger partial charge >= 0.3 is 0 Å². The Kier molecular flexibility index (Phi) is 4.82.